The molecule has 0 bridgehead atoms. The number of aromatic nitrogens is 2. The lowest BCUT2D eigenvalue weighted by Crippen LogP contribution is -2.23. The van der Waals surface area contributed by atoms with E-state index >= 15 is 0 Å². The molecule has 0 saturated carbocycles. The molecule has 26 heavy (non-hydrogen) atoms. The normalized spacial score (nSPS) is 16.6. The van der Waals surface area contributed by atoms with E-state index in [0.717, 1.165) is 41.4 Å². The highest BCUT2D eigenvalue weighted by atomic mass is 32.2. The number of rotatable bonds is 4. The van der Waals surface area contributed by atoms with Crippen molar-refractivity contribution in [2.24, 2.45) is 5.92 Å². The topological polar surface area (TPSA) is 72.2 Å². The number of thioether (sulfide) groups is 1. The molecular weight excluding hydrogens is 368 g/mol. The highest BCUT2D eigenvalue weighted by molar-refractivity contribution is 7.99. The Morgan fingerprint density at radius 1 is 1.38 bits per heavy atom. The molecule has 5 nitrogen and oxygen atoms in total. The number of carboxylic acids is 1. The second-order valence-corrected chi connectivity index (χ2v) is 8.61. The van der Waals surface area contributed by atoms with Gasteiger partial charge in [-0.1, -0.05) is 36.9 Å². The fraction of sp³-hybridized carbons (Fsp3) is 0.316. The molecule has 0 saturated heterocycles. The number of nitrogens with zero attached hydrogens (tertiary/aromatic N) is 2. The molecule has 0 aliphatic heterocycles. The minimum Gasteiger partial charge on any atom is -0.481 e. The lowest BCUT2D eigenvalue weighted by molar-refractivity contribution is -0.133. The molecule has 4 rings (SSSR count). The zero-order valence-corrected chi connectivity index (χ0v) is 15.9. The minimum atomic E-state index is -0.928. The Labute approximate surface area is 158 Å². The number of para-hydroxylation sites is 1. The molecule has 3 aromatic rings. The number of carbonyl (C=O) groups is 1. The van der Waals surface area contributed by atoms with Gasteiger partial charge in [-0.15, -0.1) is 11.3 Å². The van der Waals surface area contributed by atoms with E-state index in [-0.39, 0.29) is 11.3 Å². The van der Waals surface area contributed by atoms with Crippen LogP contribution < -0.4 is 5.56 Å². The van der Waals surface area contributed by atoms with E-state index in [0.29, 0.717) is 22.1 Å². The van der Waals surface area contributed by atoms with E-state index in [1.54, 1.807) is 15.9 Å². The third-order valence-corrected chi connectivity index (χ3v) is 6.71. The molecule has 0 unspecified atom stereocenters. The summed E-state index contributed by atoms with van der Waals surface area (Å²) in [6, 6.07) is 9.31. The summed E-state index contributed by atoms with van der Waals surface area (Å²) in [5, 5.41) is 10.2. The van der Waals surface area contributed by atoms with Crippen molar-refractivity contribution in [1.82, 2.24) is 9.55 Å². The van der Waals surface area contributed by atoms with Crippen molar-refractivity contribution in [3.05, 3.63) is 51.1 Å². The smallest absolute Gasteiger partial charge is 0.313 e. The van der Waals surface area contributed by atoms with E-state index in [4.69, 9.17) is 10.1 Å². The van der Waals surface area contributed by atoms with E-state index in [1.807, 2.05) is 30.3 Å². The lowest BCUT2D eigenvalue weighted by atomic mass is 9.89. The Morgan fingerprint density at radius 2 is 2.15 bits per heavy atom. The Balaban J connectivity index is 1.96. The molecule has 1 aromatic carbocycles. The molecule has 134 valence electrons. The van der Waals surface area contributed by atoms with Gasteiger partial charge >= 0.3 is 5.97 Å². The SMILES string of the molecule is C[C@@H]1CCc2c(sc3nc(SCC(=O)O)n(-c4ccccc4)c(=O)c23)C1. The van der Waals surface area contributed by atoms with Gasteiger partial charge in [-0.3, -0.25) is 14.2 Å². The largest absolute Gasteiger partial charge is 0.481 e. The second-order valence-electron chi connectivity index (χ2n) is 6.58. The van der Waals surface area contributed by atoms with Crippen molar-refractivity contribution < 1.29 is 9.90 Å². The van der Waals surface area contributed by atoms with Gasteiger partial charge in [-0.2, -0.15) is 0 Å². The number of benzene rings is 1. The van der Waals surface area contributed by atoms with Crippen molar-refractivity contribution in [3.8, 4) is 5.69 Å². The van der Waals surface area contributed by atoms with E-state index in [1.165, 1.54) is 4.88 Å². The van der Waals surface area contributed by atoms with Crippen LogP contribution in [0.4, 0.5) is 0 Å². The van der Waals surface area contributed by atoms with Crippen LogP contribution in [0.25, 0.3) is 15.9 Å². The maximum absolute atomic E-state index is 13.4. The Hall–Kier alpha value is -2.12. The molecule has 0 fully saturated rings. The van der Waals surface area contributed by atoms with Gasteiger partial charge < -0.3 is 5.11 Å². The Bertz CT molecular complexity index is 1040. The first kappa shape index (κ1) is 17.3. The van der Waals surface area contributed by atoms with Crippen molar-refractivity contribution in [1.29, 1.82) is 0 Å². The lowest BCUT2D eigenvalue weighted by Gasteiger charge is -2.17. The zero-order valence-electron chi connectivity index (χ0n) is 14.3. The van der Waals surface area contributed by atoms with Crippen molar-refractivity contribution in [3.63, 3.8) is 0 Å². The molecule has 1 N–H and O–H groups in total. The van der Waals surface area contributed by atoms with Gasteiger partial charge in [0.15, 0.2) is 5.16 Å². The predicted octanol–water partition coefficient (Wildman–Crippen LogP) is 3.75. The number of thiophene rings is 1. The van der Waals surface area contributed by atoms with Crippen LogP contribution in [0, 0.1) is 5.92 Å². The van der Waals surface area contributed by atoms with E-state index < -0.39 is 5.97 Å². The third kappa shape index (κ3) is 3.05. The van der Waals surface area contributed by atoms with Crippen LogP contribution in [0.3, 0.4) is 0 Å². The van der Waals surface area contributed by atoms with Crippen molar-refractivity contribution >= 4 is 39.3 Å². The van der Waals surface area contributed by atoms with Crippen LogP contribution in [-0.4, -0.2) is 26.4 Å². The first-order valence-electron chi connectivity index (χ1n) is 8.52. The number of carboxylic acid groups (broad SMARTS) is 1. The van der Waals surface area contributed by atoms with E-state index in [9.17, 15) is 9.59 Å². The summed E-state index contributed by atoms with van der Waals surface area (Å²) in [5.74, 6) is -0.441. The maximum atomic E-state index is 13.4. The van der Waals surface area contributed by atoms with Crippen molar-refractivity contribution in [2.45, 2.75) is 31.3 Å². The summed E-state index contributed by atoms with van der Waals surface area (Å²) >= 11 is 2.67. The number of aliphatic carboxylic acids is 1. The van der Waals surface area contributed by atoms with Gasteiger partial charge in [0.2, 0.25) is 0 Å². The summed E-state index contributed by atoms with van der Waals surface area (Å²) in [5.41, 5.74) is 1.75. The summed E-state index contributed by atoms with van der Waals surface area (Å²) in [7, 11) is 0. The maximum Gasteiger partial charge on any atom is 0.313 e. The molecule has 1 aliphatic rings. The minimum absolute atomic E-state index is 0.0962. The monoisotopic (exact) mass is 386 g/mol. The first-order valence-corrected chi connectivity index (χ1v) is 10.3. The van der Waals surface area contributed by atoms with Gasteiger partial charge in [0.1, 0.15) is 4.83 Å². The molecule has 1 aliphatic carbocycles. The van der Waals surface area contributed by atoms with Gasteiger partial charge in [0.25, 0.3) is 5.56 Å². The zero-order chi connectivity index (χ0) is 18.3. The fourth-order valence-corrected chi connectivity index (χ4v) is 5.56. The summed E-state index contributed by atoms with van der Waals surface area (Å²) in [6.45, 7) is 2.23. The average Bonchev–Trinajstić information content (AvgIpc) is 2.98. The van der Waals surface area contributed by atoms with Crippen LogP contribution in [0.15, 0.2) is 40.3 Å². The molecule has 1 atom stereocenters. The number of hydrogen-bond acceptors (Lipinski definition) is 5. The highest BCUT2D eigenvalue weighted by Gasteiger charge is 2.25. The second kappa shape index (κ2) is 6.89. The molecular formula is C19H18N2O3S2. The van der Waals surface area contributed by atoms with Gasteiger partial charge in [0, 0.05) is 4.88 Å². The van der Waals surface area contributed by atoms with Crippen LogP contribution in [-0.2, 0) is 17.6 Å². The van der Waals surface area contributed by atoms with Crippen molar-refractivity contribution in [2.75, 3.05) is 5.75 Å². The first-order chi connectivity index (χ1) is 12.5. The number of hydrogen-bond donors (Lipinski definition) is 1. The molecule has 2 heterocycles. The summed E-state index contributed by atoms with van der Waals surface area (Å²) in [6.07, 6.45) is 2.97. The Kier molecular flexibility index (Phi) is 4.58. The molecule has 7 heteroatoms. The van der Waals surface area contributed by atoms with Crippen LogP contribution in [0.5, 0.6) is 0 Å². The van der Waals surface area contributed by atoms with Crippen LogP contribution >= 0.6 is 23.1 Å². The quantitative estimate of drug-likeness (QED) is 0.546. The van der Waals surface area contributed by atoms with Gasteiger partial charge in [-0.25, -0.2) is 4.98 Å². The van der Waals surface area contributed by atoms with Crippen LogP contribution in [0.2, 0.25) is 0 Å². The predicted molar refractivity (Wildman–Crippen MR) is 105 cm³/mol. The molecule has 0 spiro atoms. The molecule has 0 radical (unpaired) electrons. The number of aryl methyl sites for hydroxylation is 1. The fourth-order valence-electron chi connectivity index (χ4n) is 3.40. The summed E-state index contributed by atoms with van der Waals surface area (Å²) in [4.78, 5) is 31.1. The number of fused-ring (bicyclic) bond motifs is 3. The summed E-state index contributed by atoms with van der Waals surface area (Å²) < 4.78 is 1.56. The van der Waals surface area contributed by atoms with E-state index in [2.05, 4.69) is 6.92 Å². The molecule has 0 amide bonds. The average molecular weight is 386 g/mol. The van der Waals surface area contributed by atoms with Gasteiger partial charge in [0.05, 0.1) is 16.8 Å². The van der Waals surface area contributed by atoms with Gasteiger partial charge in [-0.05, 0) is 42.9 Å². The standard InChI is InChI=1S/C19H18N2O3S2/c1-11-7-8-13-14(9-11)26-17-16(13)18(24)21(12-5-3-2-4-6-12)19(20-17)25-10-15(22)23/h2-6,11H,7-10H2,1H3,(H,22,23)/t11-/m1/s1. The Morgan fingerprint density at radius 3 is 2.88 bits per heavy atom. The molecule has 2 aromatic heterocycles. The van der Waals surface area contributed by atoms with Crippen LogP contribution in [0.1, 0.15) is 23.8 Å². The highest BCUT2D eigenvalue weighted by Crippen LogP contribution is 2.36. The third-order valence-electron chi connectivity index (χ3n) is 4.64.